The standard InChI is InChI=1S/C7H5F2NO/c1-4-2-5(8)6(9)3-7(4)10-11/h2-3H,1H3. The predicted octanol–water partition coefficient (Wildman–Crippen LogP) is 2.67. The number of nitrogens with zero attached hydrogens (tertiary/aromatic N) is 1. The van der Waals surface area contributed by atoms with Crippen LogP contribution in [-0.2, 0) is 0 Å². The Hall–Kier alpha value is -1.32. The molecule has 0 radical (unpaired) electrons. The zero-order valence-electron chi connectivity index (χ0n) is 5.77. The summed E-state index contributed by atoms with van der Waals surface area (Å²) in [5.74, 6) is -2.01. The van der Waals surface area contributed by atoms with Crippen LogP contribution in [0.15, 0.2) is 17.3 Å². The molecule has 11 heavy (non-hydrogen) atoms. The molecule has 0 N–H and O–H groups in total. The van der Waals surface area contributed by atoms with Crippen LogP contribution in [-0.4, -0.2) is 0 Å². The molecule has 0 unspecified atom stereocenters. The van der Waals surface area contributed by atoms with Crippen molar-refractivity contribution in [2.24, 2.45) is 5.18 Å². The summed E-state index contributed by atoms with van der Waals surface area (Å²) in [5, 5.41) is 2.52. The summed E-state index contributed by atoms with van der Waals surface area (Å²) in [6, 6.07) is 1.71. The van der Waals surface area contributed by atoms with Gasteiger partial charge in [-0.15, -0.1) is 4.91 Å². The van der Waals surface area contributed by atoms with Gasteiger partial charge >= 0.3 is 0 Å². The maximum atomic E-state index is 12.4. The van der Waals surface area contributed by atoms with Crippen LogP contribution in [0.25, 0.3) is 0 Å². The van der Waals surface area contributed by atoms with Crippen molar-refractivity contribution in [2.75, 3.05) is 0 Å². The second-order valence-electron chi connectivity index (χ2n) is 2.14. The van der Waals surface area contributed by atoms with Gasteiger partial charge in [0.15, 0.2) is 11.6 Å². The molecular weight excluding hydrogens is 152 g/mol. The molecule has 0 spiro atoms. The highest BCUT2D eigenvalue weighted by atomic mass is 19.2. The smallest absolute Gasteiger partial charge is 0.161 e. The van der Waals surface area contributed by atoms with Crippen LogP contribution in [0.5, 0.6) is 0 Å². The fourth-order valence-corrected chi connectivity index (χ4v) is 0.734. The van der Waals surface area contributed by atoms with Crippen molar-refractivity contribution in [1.29, 1.82) is 0 Å². The van der Waals surface area contributed by atoms with Crippen LogP contribution in [0, 0.1) is 23.5 Å². The lowest BCUT2D eigenvalue weighted by Gasteiger charge is -1.96. The summed E-state index contributed by atoms with van der Waals surface area (Å²) in [5.41, 5.74) is 0.266. The number of hydrogen-bond donors (Lipinski definition) is 0. The van der Waals surface area contributed by atoms with Gasteiger partial charge in [0, 0.05) is 6.07 Å². The Bertz CT molecular complexity index is 299. The molecule has 58 valence electrons. The fraction of sp³-hybridized carbons (Fsp3) is 0.143. The van der Waals surface area contributed by atoms with Gasteiger partial charge in [-0.2, -0.15) is 0 Å². The van der Waals surface area contributed by atoms with Crippen LogP contribution in [0.4, 0.5) is 14.5 Å². The molecular formula is C7H5F2NO. The lowest BCUT2D eigenvalue weighted by atomic mass is 10.2. The van der Waals surface area contributed by atoms with Crippen LogP contribution in [0.2, 0.25) is 0 Å². The molecule has 0 aliphatic rings. The molecule has 0 aliphatic heterocycles. The van der Waals surface area contributed by atoms with Gasteiger partial charge in [-0.25, -0.2) is 8.78 Å². The summed E-state index contributed by atoms with van der Waals surface area (Å²) in [6.45, 7) is 1.49. The summed E-state index contributed by atoms with van der Waals surface area (Å²) >= 11 is 0. The molecule has 0 bridgehead atoms. The topological polar surface area (TPSA) is 29.4 Å². The zero-order valence-corrected chi connectivity index (χ0v) is 5.77. The Labute approximate surface area is 61.8 Å². The van der Waals surface area contributed by atoms with Gasteiger partial charge in [-0.05, 0) is 23.7 Å². The quantitative estimate of drug-likeness (QED) is 0.576. The lowest BCUT2D eigenvalue weighted by Crippen LogP contribution is -1.84. The van der Waals surface area contributed by atoms with E-state index in [1.54, 1.807) is 0 Å². The van der Waals surface area contributed by atoms with Gasteiger partial charge in [0.2, 0.25) is 0 Å². The van der Waals surface area contributed by atoms with E-state index in [1.165, 1.54) is 6.92 Å². The number of aryl methyl sites for hydroxylation is 1. The number of nitroso groups, excluding NO2 is 1. The fourth-order valence-electron chi connectivity index (χ4n) is 0.734. The van der Waals surface area contributed by atoms with Gasteiger partial charge in [0.05, 0.1) is 0 Å². The third kappa shape index (κ3) is 1.39. The monoisotopic (exact) mass is 157 g/mol. The van der Waals surface area contributed by atoms with Crippen molar-refractivity contribution in [3.8, 4) is 0 Å². The van der Waals surface area contributed by atoms with Crippen LogP contribution in [0.1, 0.15) is 5.56 Å². The van der Waals surface area contributed by atoms with E-state index in [0.29, 0.717) is 5.56 Å². The largest absolute Gasteiger partial charge is 0.204 e. The molecule has 1 rings (SSSR count). The van der Waals surface area contributed by atoms with Crippen LogP contribution >= 0.6 is 0 Å². The minimum absolute atomic E-state index is 0.0658. The molecule has 0 atom stereocenters. The summed E-state index contributed by atoms with van der Waals surface area (Å²) in [6.07, 6.45) is 0. The highest BCUT2D eigenvalue weighted by Crippen LogP contribution is 2.20. The molecule has 1 aromatic carbocycles. The van der Waals surface area contributed by atoms with E-state index >= 15 is 0 Å². The molecule has 0 saturated carbocycles. The maximum absolute atomic E-state index is 12.4. The SMILES string of the molecule is Cc1cc(F)c(F)cc1N=O. The third-order valence-electron chi connectivity index (χ3n) is 1.34. The van der Waals surface area contributed by atoms with Gasteiger partial charge in [0.1, 0.15) is 5.69 Å². The Kier molecular flexibility index (Phi) is 1.94. The second-order valence-corrected chi connectivity index (χ2v) is 2.14. The van der Waals surface area contributed by atoms with Crippen molar-refractivity contribution in [3.63, 3.8) is 0 Å². The third-order valence-corrected chi connectivity index (χ3v) is 1.34. The van der Waals surface area contributed by atoms with Gasteiger partial charge < -0.3 is 0 Å². The molecule has 1 aromatic rings. The Morgan fingerprint density at radius 1 is 1.27 bits per heavy atom. The Balaban J connectivity index is 3.31. The van der Waals surface area contributed by atoms with Crippen LogP contribution in [0.3, 0.4) is 0 Å². The van der Waals surface area contributed by atoms with Crippen molar-refractivity contribution in [3.05, 3.63) is 34.2 Å². The molecule has 0 heterocycles. The van der Waals surface area contributed by atoms with E-state index in [9.17, 15) is 13.7 Å². The zero-order chi connectivity index (χ0) is 8.43. The Morgan fingerprint density at radius 2 is 1.82 bits per heavy atom. The number of rotatable bonds is 1. The molecule has 4 heteroatoms. The first-order chi connectivity index (χ1) is 5.15. The summed E-state index contributed by atoms with van der Waals surface area (Å²) in [4.78, 5) is 9.95. The van der Waals surface area contributed by atoms with Crippen molar-refractivity contribution >= 4 is 5.69 Å². The van der Waals surface area contributed by atoms with E-state index in [4.69, 9.17) is 0 Å². The summed E-state index contributed by atoms with van der Waals surface area (Å²) < 4.78 is 24.7. The van der Waals surface area contributed by atoms with Gasteiger partial charge in [0.25, 0.3) is 0 Å². The molecule has 0 amide bonds. The highest BCUT2D eigenvalue weighted by molar-refractivity contribution is 5.45. The maximum Gasteiger partial charge on any atom is 0.161 e. The van der Waals surface area contributed by atoms with Crippen molar-refractivity contribution in [1.82, 2.24) is 0 Å². The van der Waals surface area contributed by atoms with E-state index < -0.39 is 11.6 Å². The average molecular weight is 157 g/mol. The van der Waals surface area contributed by atoms with Gasteiger partial charge in [-0.1, -0.05) is 0 Å². The number of benzene rings is 1. The van der Waals surface area contributed by atoms with Gasteiger partial charge in [-0.3, -0.25) is 0 Å². The first-order valence-corrected chi connectivity index (χ1v) is 2.94. The van der Waals surface area contributed by atoms with E-state index in [-0.39, 0.29) is 5.69 Å². The number of hydrogen-bond acceptors (Lipinski definition) is 2. The van der Waals surface area contributed by atoms with Crippen molar-refractivity contribution < 1.29 is 8.78 Å². The average Bonchev–Trinajstić information content (AvgIpc) is 1.97. The van der Waals surface area contributed by atoms with Crippen LogP contribution < -0.4 is 0 Å². The highest BCUT2D eigenvalue weighted by Gasteiger charge is 2.06. The summed E-state index contributed by atoms with van der Waals surface area (Å²) in [7, 11) is 0. The Morgan fingerprint density at radius 3 is 2.36 bits per heavy atom. The van der Waals surface area contributed by atoms with E-state index in [2.05, 4.69) is 5.18 Å². The first-order valence-electron chi connectivity index (χ1n) is 2.94. The van der Waals surface area contributed by atoms with E-state index in [1.807, 2.05) is 0 Å². The minimum atomic E-state index is -1.05. The molecule has 0 saturated heterocycles. The molecule has 0 aromatic heterocycles. The molecule has 2 nitrogen and oxygen atoms in total. The van der Waals surface area contributed by atoms with E-state index in [0.717, 1.165) is 12.1 Å². The minimum Gasteiger partial charge on any atom is -0.204 e. The molecule has 0 aliphatic carbocycles. The number of halogens is 2. The normalized spacial score (nSPS) is 9.73. The lowest BCUT2D eigenvalue weighted by molar-refractivity contribution is 0.508. The first kappa shape index (κ1) is 7.78. The predicted molar refractivity (Wildman–Crippen MR) is 36.6 cm³/mol. The second kappa shape index (κ2) is 2.74. The molecule has 0 fully saturated rings. The van der Waals surface area contributed by atoms with Crippen molar-refractivity contribution in [2.45, 2.75) is 6.92 Å².